The molecule has 1 N–H and O–H groups in total. The van der Waals surface area contributed by atoms with Gasteiger partial charge in [0.1, 0.15) is 0 Å². The van der Waals surface area contributed by atoms with Crippen LogP contribution in [-0.4, -0.2) is 23.6 Å². The number of fused-ring (bicyclic) bond motifs is 1. The molecule has 1 aromatic rings. The van der Waals surface area contributed by atoms with Crippen molar-refractivity contribution in [2.45, 2.75) is 13.5 Å². The van der Waals surface area contributed by atoms with E-state index in [2.05, 4.69) is 5.32 Å². The Morgan fingerprint density at radius 1 is 1.50 bits per heavy atom. The third kappa shape index (κ3) is 2.13. The van der Waals surface area contributed by atoms with Crippen LogP contribution < -0.4 is 5.32 Å². The lowest BCUT2D eigenvalue weighted by atomic mass is 10.1. The van der Waals surface area contributed by atoms with Crippen LogP contribution in [0.3, 0.4) is 0 Å². The maximum Gasteiger partial charge on any atom is 0.324 e. The van der Waals surface area contributed by atoms with Gasteiger partial charge in [0.2, 0.25) is 0 Å². The van der Waals surface area contributed by atoms with Crippen LogP contribution in [0.5, 0.6) is 0 Å². The molecule has 2 rings (SSSR count). The number of carbonyl (C=O) groups is 2. The maximum absolute atomic E-state index is 11.6. The second-order valence-corrected chi connectivity index (χ2v) is 3.55. The van der Waals surface area contributed by atoms with E-state index in [1.54, 1.807) is 0 Å². The van der Waals surface area contributed by atoms with Gasteiger partial charge in [-0.15, -0.1) is 0 Å². The van der Waals surface area contributed by atoms with Crippen LogP contribution in [0.25, 0.3) is 0 Å². The van der Waals surface area contributed by atoms with E-state index in [9.17, 15) is 9.59 Å². The number of hydrogen-bond acceptors (Lipinski definition) is 3. The van der Waals surface area contributed by atoms with Crippen LogP contribution in [0.15, 0.2) is 24.3 Å². The summed E-state index contributed by atoms with van der Waals surface area (Å²) in [5.41, 5.74) is 1.82. The zero-order valence-electron chi connectivity index (χ0n) is 8.90. The molecule has 84 valence electrons. The summed E-state index contributed by atoms with van der Waals surface area (Å²) in [4.78, 5) is 23.7. The number of anilines is 1. The monoisotopic (exact) mass is 220 g/mol. The molecule has 16 heavy (non-hydrogen) atoms. The lowest BCUT2D eigenvalue weighted by Crippen LogP contribution is -2.40. The third-order valence-electron chi connectivity index (χ3n) is 2.33. The van der Waals surface area contributed by atoms with Crippen LogP contribution >= 0.6 is 0 Å². The van der Waals surface area contributed by atoms with Crippen molar-refractivity contribution < 1.29 is 14.3 Å². The maximum atomic E-state index is 11.6. The first-order valence-corrected chi connectivity index (χ1v) is 4.94. The van der Waals surface area contributed by atoms with Crippen molar-refractivity contribution >= 4 is 17.7 Å². The highest BCUT2D eigenvalue weighted by Gasteiger charge is 2.22. The van der Waals surface area contributed by atoms with Gasteiger partial charge in [-0.1, -0.05) is 18.2 Å². The van der Waals surface area contributed by atoms with Crippen molar-refractivity contribution in [1.29, 1.82) is 0 Å². The summed E-state index contributed by atoms with van der Waals surface area (Å²) in [7, 11) is 0. The normalized spacial score (nSPS) is 14.1. The van der Waals surface area contributed by atoms with E-state index >= 15 is 0 Å². The van der Waals surface area contributed by atoms with E-state index in [1.165, 1.54) is 11.8 Å². The molecule has 0 saturated heterocycles. The van der Waals surface area contributed by atoms with Crippen LogP contribution in [-0.2, 0) is 16.1 Å². The Balaban J connectivity index is 2.09. The average Bonchev–Trinajstić information content (AvgIpc) is 2.26. The SMILES string of the molecule is CC(=O)OCN1Cc2ccccc2NC1=O. The Bertz CT molecular complexity index is 431. The standard InChI is InChI=1S/C11H12N2O3/c1-8(14)16-7-13-6-9-4-2-3-5-10(9)12-11(13)15/h2-5H,6-7H2,1H3,(H,12,15). The molecular formula is C11H12N2O3. The Labute approximate surface area is 93.0 Å². The molecular weight excluding hydrogens is 208 g/mol. The molecule has 1 aliphatic heterocycles. The molecule has 1 aliphatic rings. The second-order valence-electron chi connectivity index (χ2n) is 3.55. The molecule has 0 saturated carbocycles. The van der Waals surface area contributed by atoms with Gasteiger partial charge >= 0.3 is 12.0 Å². The number of benzene rings is 1. The summed E-state index contributed by atoms with van der Waals surface area (Å²) in [6.07, 6.45) is 0. The van der Waals surface area contributed by atoms with Gasteiger partial charge in [-0.05, 0) is 11.6 Å². The minimum Gasteiger partial charge on any atom is -0.444 e. The summed E-state index contributed by atoms with van der Waals surface area (Å²) < 4.78 is 4.79. The molecule has 0 aromatic heterocycles. The number of ether oxygens (including phenoxy) is 1. The van der Waals surface area contributed by atoms with Crippen LogP contribution in [0.1, 0.15) is 12.5 Å². The average molecular weight is 220 g/mol. The van der Waals surface area contributed by atoms with Crippen molar-refractivity contribution in [3.8, 4) is 0 Å². The molecule has 0 aliphatic carbocycles. The van der Waals surface area contributed by atoms with E-state index in [0.717, 1.165) is 11.3 Å². The largest absolute Gasteiger partial charge is 0.444 e. The van der Waals surface area contributed by atoms with E-state index in [4.69, 9.17) is 4.74 Å². The fourth-order valence-electron chi connectivity index (χ4n) is 1.52. The fourth-order valence-corrected chi connectivity index (χ4v) is 1.52. The highest BCUT2D eigenvalue weighted by atomic mass is 16.5. The van der Waals surface area contributed by atoms with E-state index in [-0.39, 0.29) is 12.8 Å². The van der Waals surface area contributed by atoms with E-state index in [0.29, 0.717) is 6.54 Å². The Morgan fingerprint density at radius 2 is 2.25 bits per heavy atom. The van der Waals surface area contributed by atoms with Gasteiger partial charge in [-0.3, -0.25) is 9.69 Å². The number of hydrogen-bond donors (Lipinski definition) is 1. The molecule has 0 fully saturated rings. The van der Waals surface area contributed by atoms with Crippen molar-refractivity contribution in [2.75, 3.05) is 12.0 Å². The molecule has 0 spiro atoms. The first-order chi connectivity index (χ1) is 7.66. The van der Waals surface area contributed by atoms with Gasteiger partial charge in [0.25, 0.3) is 0 Å². The summed E-state index contributed by atoms with van der Waals surface area (Å²) in [6.45, 7) is 1.75. The van der Waals surface area contributed by atoms with Crippen molar-refractivity contribution in [2.24, 2.45) is 0 Å². The summed E-state index contributed by atoms with van der Waals surface area (Å²) >= 11 is 0. The second kappa shape index (κ2) is 4.22. The van der Waals surface area contributed by atoms with Gasteiger partial charge in [0, 0.05) is 12.6 Å². The number of rotatable bonds is 2. The molecule has 0 unspecified atom stereocenters. The molecule has 0 radical (unpaired) electrons. The molecule has 0 bridgehead atoms. The smallest absolute Gasteiger partial charge is 0.324 e. The topological polar surface area (TPSA) is 58.6 Å². The van der Waals surface area contributed by atoms with Crippen molar-refractivity contribution in [3.63, 3.8) is 0 Å². The first-order valence-electron chi connectivity index (χ1n) is 4.94. The predicted molar refractivity (Wildman–Crippen MR) is 57.6 cm³/mol. The van der Waals surface area contributed by atoms with Crippen molar-refractivity contribution in [1.82, 2.24) is 4.90 Å². The quantitative estimate of drug-likeness (QED) is 0.769. The predicted octanol–water partition coefficient (Wildman–Crippen LogP) is 1.55. The minimum atomic E-state index is -0.397. The first kappa shape index (κ1) is 10.5. The lowest BCUT2D eigenvalue weighted by Gasteiger charge is -2.28. The number of amides is 2. The number of esters is 1. The van der Waals surface area contributed by atoms with E-state index in [1.807, 2.05) is 24.3 Å². The van der Waals surface area contributed by atoms with Crippen LogP contribution in [0.4, 0.5) is 10.5 Å². The Hall–Kier alpha value is -2.04. The molecule has 0 atom stereocenters. The highest BCUT2D eigenvalue weighted by molar-refractivity contribution is 5.92. The summed E-state index contributed by atoms with van der Waals surface area (Å²) in [6, 6.07) is 7.28. The number of nitrogens with zero attached hydrogens (tertiary/aromatic N) is 1. The number of para-hydroxylation sites is 1. The van der Waals surface area contributed by atoms with Crippen molar-refractivity contribution in [3.05, 3.63) is 29.8 Å². The Kier molecular flexibility index (Phi) is 2.76. The molecule has 1 heterocycles. The zero-order valence-corrected chi connectivity index (χ0v) is 8.90. The van der Waals surface area contributed by atoms with E-state index < -0.39 is 5.97 Å². The van der Waals surface area contributed by atoms with Gasteiger partial charge in [-0.2, -0.15) is 0 Å². The van der Waals surface area contributed by atoms with Gasteiger partial charge in [0.05, 0.1) is 6.54 Å². The molecule has 1 aromatic carbocycles. The molecule has 5 heteroatoms. The summed E-state index contributed by atoms with van der Waals surface area (Å²) in [5, 5.41) is 2.73. The summed E-state index contributed by atoms with van der Waals surface area (Å²) in [5.74, 6) is -0.397. The Morgan fingerprint density at radius 3 is 3.00 bits per heavy atom. The number of urea groups is 1. The lowest BCUT2D eigenvalue weighted by molar-refractivity contribution is -0.144. The highest BCUT2D eigenvalue weighted by Crippen LogP contribution is 2.22. The molecule has 2 amide bonds. The number of carbonyl (C=O) groups excluding carboxylic acids is 2. The van der Waals surface area contributed by atoms with Crippen LogP contribution in [0.2, 0.25) is 0 Å². The van der Waals surface area contributed by atoms with Gasteiger partial charge < -0.3 is 10.1 Å². The zero-order chi connectivity index (χ0) is 11.5. The fraction of sp³-hybridized carbons (Fsp3) is 0.273. The van der Waals surface area contributed by atoms with Gasteiger partial charge in [-0.25, -0.2) is 4.79 Å². The third-order valence-corrected chi connectivity index (χ3v) is 2.33. The van der Waals surface area contributed by atoms with Gasteiger partial charge in [0.15, 0.2) is 6.73 Å². The van der Waals surface area contributed by atoms with Crippen LogP contribution in [0, 0.1) is 0 Å². The number of nitrogens with one attached hydrogen (secondary N) is 1. The molecule has 5 nitrogen and oxygen atoms in total. The minimum absolute atomic E-state index is 0.0184.